The third kappa shape index (κ3) is 19.9. The summed E-state index contributed by atoms with van der Waals surface area (Å²) >= 11 is 0. The first kappa shape index (κ1) is 42.9. The van der Waals surface area contributed by atoms with E-state index in [-0.39, 0.29) is 0 Å². The minimum atomic E-state index is -3.58. The monoisotopic (exact) mass is 778 g/mol. The quantitative estimate of drug-likeness (QED) is 0.140. The molecule has 0 atom stereocenters. The largest absolute Gasteiger partial charge is 0.642 e. The average Bonchev–Trinajstić information content (AvgIpc) is 2.68. The molecule has 0 aliphatic carbocycles. The van der Waals surface area contributed by atoms with Crippen molar-refractivity contribution in [1.82, 2.24) is 0 Å². The zero-order valence-corrected chi connectivity index (χ0v) is 40.9. The van der Waals surface area contributed by atoms with Crippen LogP contribution in [-0.4, -0.2) is 121 Å². The molecular formula is C17H58O13Si11. The van der Waals surface area contributed by atoms with Crippen molar-refractivity contribution in [2.75, 3.05) is 21.3 Å². The average molecular weight is 780 g/mol. The van der Waals surface area contributed by atoms with E-state index >= 15 is 0 Å². The highest BCUT2D eigenvalue weighted by molar-refractivity contribution is 6.91. The second-order valence-electron chi connectivity index (χ2n) is 12.3. The van der Waals surface area contributed by atoms with Gasteiger partial charge in [-0.25, -0.2) is 0 Å². The van der Waals surface area contributed by atoms with E-state index in [4.69, 9.17) is 54.4 Å². The van der Waals surface area contributed by atoms with Gasteiger partial charge in [-0.1, -0.05) is 0 Å². The van der Waals surface area contributed by atoms with Gasteiger partial charge in [0, 0.05) is 21.3 Å². The van der Waals surface area contributed by atoms with Crippen molar-refractivity contribution in [3.8, 4) is 0 Å². The zero-order chi connectivity index (χ0) is 32.4. The summed E-state index contributed by atoms with van der Waals surface area (Å²) in [6.45, 7) is 28.5. The second kappa shape index (κ2) is 17.7. The Morgan fingerprint density at radius 2 is 0.634 bits per heavy atom. The van der Waals surface area contributed by atoms with Crippen LogP contribution in [0.3, 0.4) is 0 Å². The Balaban J connectivity index is 5.61. The van der Waals surface area contributed by atoms with Crippen LogP contribution in [0.2, 0.25) is 91.7 Å². The van der Waals surface area contributed by atoms with Crippen LogP contribution in [0.15, 0.2) is 0 Å². The van der Waals surface area contributed by atoms with Crippen LogP contribution in [0.4, 0.5) is 0 Å². The van der Waals surface area contributed by atoms with Gasteiger partial charge in [0.05, 0.1) is 0 Å². The van der Waals surface area contributed by atoms with Crippen LogP contribution in [0.5, 0.6) is 0 Å². The molecule has 0 bridgehead atoms. The maximum Gasteiger partial charge on any atom is 0.642 e. The molecule has 0 aliphatic rings. The predicted molar refractivity (Wildman–Crippen MR) is 187 cm³/mol. The summed E-state index contributed by atoms with van der Waals surface area (Å²) in [5.41, 5.74) is 0. The van der Waals surface area contributed by atoms with E-state index in [1.165, 1.54) is 0 Å². The number of rotatable bonds is 23. The van der Waals surface area contributed by atoms with E-state index in [0.29, 0.717) is 0 Å². The second-order valence-corrected chi connectivity index (χ2v) is 44.0. The van der Waals surface area contributed by atoms with E-state index in [0.717, 1.165) is 0 Å². The van der Waals surface area contributed by atoms with E-state index in [1.54, 1.807) is 21.3 Å². The molecule has 0 saturated heterocycles. The SMILES string of the molecule is CO[SiH2]O[Si](O[SiH2]OC)(O[SiH2]OC)O[Si](C)(C)O[Si](C)(C)O[Si](C)(C)O[Si](C)(C)O[Si](C)(C)O[Si](C)(C)O[SiH](C)C. The lowest BCUT2D eigenvalue weighted by Gasteiger charge is -2.43. The van der Waals surface area contributed by atoms with Gasteiger partial charge in [-0.2, -0.15) is 0 Å². The first-order valence-corrected chi connectivity index (χ1v) is 38.4. The molecule has 248 valence electrons. The summed E-state index contributed by atoms with van der Waals surface area (Å²) in [6, 6.07) is 0. The molecule has 0 radical (unpaired) electrons. The Kier molecular flexibility index (Phi) is 18.5. The number of hydrogen-bond acceptors (Lipinski definition) is 13. The molecule has 0 aromatic rings. The first-order valence-electron chi connectivity index (χ1n) is 13.6. The Morgan fingerprint density at radius 3 is 0.878 bits per heavy atom. The topological polar surface area (TPSA) is 120 Å². The molecule has 13 nitrogen and oxygen atoms in total. The third-order valence-corrected chi connectivity index (χ3v) is 37.6. The summed E-state index contributed by atoms with van der Waals surface area (Å²) in [6.07, 6.45) is 0. The van der Waals surface area contributed by atoms with Crippen LogP contribution < -0.4 is 0 Å². The summed E-state index contributed by atoms with van der Waals surface area (Å²) < 4.78 is 79.5. The van der Waals surface area contributed by atoms with E-state index in [9.17, 15) is 0 Å². The van der Waals surface area contributed by atoms with Crippen molar-refractivity contribution in [2.45, 2.75) is 91.7 Å². The van der Waals surface area contributed by atoms with Gasteiger partial charge in [0.2, 0.25) is 0 Å². The van der Waals surface area contributed by atoms with Crippen molar-refractivity contribution < 1.29 is 54.4 Å². The summed E-state index contributed by atoms with van der Waals surface area (Å²) in [5, 5.41) is 0. The van der Waals surface area contributed by atoms with Crippen molar-refractivity contribution in [1.29, 1.82) is 0 Å². The van der Waals surface area contributed by atoms with Crippen LogP contribution in [0, 0.1) is 0 Å². The van der Waals surface area contributed by atoms with Crippen LogP contribution >= 0.6 is 0 Å². The van der Waals surface area contributed by atoms with Gasteiger partial charge in [-0.15, -0.1) is 0 Å². The van der Waals surface area contributed by atoms with Crippen LogP contribution in [0.25, 0.3) is 0 Å². The first-order chi connectivity index (χ1) is 18.3. The molecule has 0 rings (SSSR count). The summed E-state index contributed by atoms with van der Waals surface area (Å²) in [5.74, 6) is 0. The minimum Gasteiger partial charge on any atom is -0.440 e. The summed E-state index contributed by atoms with van der Waals surface area (Å²) in [7, 11) is -20.1. The maximum atomic E-state index is 6.67. The predicted octanol–water partition coefficient (Wildman–Crippen LogP) is 1.72. The lowest BCUT2D eigenvalue weighted by molar-refractivity contribution is 0.116. The van der Waals surface area contributed by atoms with E-state index in [2.05, 4.69) is 39.3 Å². The maximum absolute atomic E-state index is 6.67. The molecule has 0 amide bonds. The molecule has 0 aromatic carbocycles. The van der Waals surface area contributed by atoms with Crippen molar-refractivity contribution >= 4 is 99.5 Å². The molecule has 41 heavy (non-hydrogen) atoms. The molecule has 0 aliphatic heterocycles. The highest BCUT2D eigenvalue weighted by atomic mass is 28.5. The Hall–Kier alpha value is 1.87. The molecule has 24 heteroatoms. The van der Waals surface area contributed by atoms with Gasteiger partial charge in [0.25, 0.3) is 30.0 Å². The molecular weight excluding hydrogens is 721 g/mol. The molecule has 0 aromatic heterocycles. The van der Waals surface area contributed by atoms with Crippen LogP contribution in [0.1, 0.15) is 0 Å². The van der Waals surface area contributed by atoms with Crippen molar-refractivity contribution in [3.63, 3.8) is 0 Å². The lowest BCUT2D eigenvalue weighted by Crippen LogP contribution is -2.63. The third-order valence-electron chi connectivity index (χ3n) is 4.41. The van der Waals surface area contributed by atoms with Gasteiger partial charge in [-0.05, 0) is 91.7 Å². The minimum absolute atomic E-state index is 1.23. The molecule has 0 fully saturated rings. The fraction of sp³-hybridized carbons (Fsp3) is 1.00. The van der Waals surface area contributed by atoms with Gasteiger partial charge in [0.1, 0.15) is 0 Å². The molecule has 0 unspecified atom stereocenters. The Morgan fingerprint density at radius 1 is 0.390 bits per heavy atom. The Bertz CT molecular complexity index is 738. The standard InChI is InChI=1S/C17H58O13Si11/c1-18-31-21-41(22-32-19-2,23-33-20-3)30-40(16,17)29-39(14,15)28-38(12,13)27-37(10,11)26-36(8,9)25-35(6,7)24-34(4)5/h34H,31-33H2,1-17H3. The van der Waals surface area contributed by atoms with Gasteiger partial charge < -0.3 is 54.4 Å². The highest BCUT2D eigenvalue weighted by Crippen LogP contribution is 2.29. The van der Waals surface area contributed by atoms with Crippen LogP contribution in [-0.2, 0) is 54.4 Å². The molecule has 0 heterocycles. The van der Waals surface area contributed by atoms with Gasteiger partial charge in [0.15, 0.2) is 9.04 Å². The number of hydrogen-bond donors (Lipinski definition) is 0. The summed E-state index contributed by atoms with van der Waals surface area (Å²) in [4.78, 5) is 0. The highest BCUT2D eigenvalue weighted by Gasteiger charge is 2.53. The van der Waals surface area contributed by atoms with E-state index in [1.807, 2.05) is 52.4 Å². The molecule has 0 saturated carbocycles. The van der Waals surface area contributed by atoms with Gasteiger partial charge >= 0.3 is 60.4 Å². The van der Waals surface area contributed by atoms with Crippen molar-refractivity contribution in [3.05, 3.63) is 0 Å². The van der Waals surface area contributed by atoms with Gasteiger partial charge in [-0.3, -0.25) is 0 Å². The molecule has 0 N–H and O–H groups in total. The Labute approximate surface area is 265 Å². The normalized spacial score (nSPS) is 16.8. The van der Waals surface area contributed by atoms with E-state index < -0.39 is 99.5 Å². The fourth-order valence-electron chi connectivity index (χ4n) is 4.56. The zero-order valence-electron chi connectivity index (χ0n) is 28.5. The molecule has 0 spiro atoms. The smallest absolute Gasteiger partial charge is 0.440 e. The van der Waals surface area contributed by atoms with Crippen molar-refractivity contribution in [2.24, 2.45) is 0 Å². The lowest BCUT2D eigenvalue weighted by atomic mass is 11.8. The fourth-order valence-corrected chi connectivity index (χ4v) is 47.2.